The van der Waals surface area contributed by atoms with Crippen molar-refractivity contribution in [2.45, 2.75) is 65.3 Å². The molecule has 0 heterocycles. The monoisotopic (exact) mass is 254 g/mol. The first-order valence-electron chi connectivity index (χ1n) is 7.40. The Balaban J connectivity index is 2.13. The Bertz CT molecular complexity index is 258. The van der Waals surface area contributed by atoms with E-state index in [0.29, 0.717) is 12.3 Å². The smallest absolute Gasteiger partial charge is 0.221 e. The van der Waals surface area contributed by atoms with Crippen molar-refractivity contribution in [3.8, 4) is 0 Å². The van der Waals surface area contributed by atoms with Crippen LogP contribution < -0.4 is 10.6 Å². The lowest BCUT2D eigenvalue weighted by Gasteiger charge is -2.28. The van der Waals surface area contributed by atoms with Crippen molar-refractivity contribution in [1.82, 2.24) is 10.6 Å². The lowest BCUT2D eigenvalue weighted by molar-refractivity contribution is -0.121. The molecule has 1 rings (SSSR count). The van der Waals surface area contributed by atoms with Gasteiger partial charge in [-0.1, -0.05) is 26.2 Å². The molecule has 2 N–H and O–H groups in total. The fourth-order valence-electron chi connectivity index (χ4n) is 2.58. The topological polar surface area (TPSA) is 41.1 Å². The quantitative estimate of drug-likeness (QED) is 0.792. The van der Waals surface area contributed by atoms with E-state index in [0.717, 1.165) is 19.0 Å². The van der Waals surface area contributed by atoms with Crippen LogP contribution in [-0.2, 0) is 4.79 Å². The number of nitrogens with one attached hydrogen (secondary N) is 2. The maximum absolute atomic E-state index is 11.7. The molecule has 3 heteroatoms. The summed E-state index contributed by atoms with van der Waals surface area (Å²) in [6.07, 6.45) is 5.88. The van der Waals surface area contributed by atoms with E-state index in [2.05, 4.69) is 38.3 Å². The Morgan fingerprint density at radius 1 is 1.22 bits per heavy atom. The van der Waals surface area contributed by atoms with Crippen molar-refractivity contribution in [3.05, 3.63) is 0 Å². The lowest BCUT2D eigenvalue weighted by Crippen LogP contribution is -2.39. The summed E-state index contributed by atoms with van der Waals surface area (Å²) in [5.41, 5.74) is 0.0954. The maximum atomic E-state index is 11.7. The van der Waals surface area contributed by atoms with Gasteiger partial charge in [-0.05, 0) is 39.0 Å². The van der Waals surface area contributed by atoms with Gasteiger partial charge in [0.2, 0.25) is 5.91 Å². The minimum Gasteiger partial charge on any atom is -0.356 e. The van der Waals surface area contributed by atoms with Gasteiger partial charge in [0.1, 0.15) is 0 Å². The standard InChI is InChI=1S/C15H30N2O/c1-12-7-5-6-8-13(12)11-16-14(18)9-10-17-15(2,3)4/h12-13,17H,5-11H2,1-4H3,(H,16,18). The maximum Gasteiger partial charge on any atom is 0.221 e. The summed E-state index contributed by atoms with van der Waals surface area (Å²) in [5, 5.41) is 6.43. The van der Waals surface area contributed by atoms with Crippen molar-refractivity contribution in [2.75, 3.05) is 13.1 Å². The third-order valence-corrected chi connectivity index (χ3v) is 3.86. The first kappa shape index (κ1) is 15.5. The molecule has 1 aliphatic rings. The van der Waals surface area contributed by atoms with Crippen LogP contribution in [0.2, 0.25) is 0 Å². The zero-order chi connectivity index (χ0) is 13.6. The molecule has 0 spiro atoms. The number of carbonyl (C=O) groups is 1. The highest BCUT2D eigenvalue weighted by atomic mass is 16.1. The van der Waals surface area contributed by atoms with E-state index in [1.54, 1.807) is 0 Å². The Labute approximate surface area is 112 Å². The molecule has 0 aromatic rings. The molecule has 3 nitrogen and oxygen atoms in total. The molecule has 18 heavy (non-hydrogen) atoms. The van der Waals surface area contributed by atoms with Gasteiger partial charge < -0.3 is 10.6 Å². The largest absolute Gasteiger partial charge is 0.356 e. The summed E-state index contributed by atoms with van der Waals surface area (Å²) in [5.74, 6) is 1.65. The zero-order valence-corrected chi connectivity index (χ0v) is 12.5. The molecule has 0 bridgehead atoms. The van der Waals surface area contributed by atoms with E-state index in [9.17, 15) is 4.79 Å². The van der Waals surface area contributed by atoms with E-state index in [1.165, 1.54) is 25.7 Å². The Morgan fingerprint density at radius 3 is 2.50 bits per heavy atom. The minimum absolute atomic E-state index is 0.0954. The molecule has 0 saturated heterocycles. The van der Waals surface area contributed by atoms with E-state index in [-0.39, 0.29) is 11.4 Å². The number of hydrogen-bond donors (Lipinski definition) is 2. The van der Waals surface area contributed by atoms with Crippen LogP contribution in [0.4, 0.5) is 0 Å². The molecule has 0 aromatic heterocycles. The summed E-state index contributed by atoms with van der Waals surface area (Å²) >= 11 is 0. The second kappa shape index (κ2) is 7.13. The Hall–Kier alpha value is -0.570. The number of carbonyl (C=O) groups excluding carboxylic acids is 1. The van der Waals surface area contributed by atoms with Crippen LogP contribution in [0.1, 0.15) is 59.8 Å². The fourth-order valence-corrected chi connectivity index (χ4v) is 2.58. The summed E-state index contributed by atoms with van der Waals surface area (Å²) in [7, 11) is 0. The summed E-state index contributed by atoms with van der Waals surface area (Å²) in [6, 6.07) is 0. The number of hydrogen-bond acceptors (Lipinski definition) is 2. The molecule has 2 atom stereocenters. The summed E-state index contributed by atoms with van der Waals surface area (Å²) in [4.78, 5) is 11.7. The second-order valence-corrected chi connectivity index (χ2v) is 6.75. The van der Waals surface area contributed by atoms with Gasteiger partial charge in [-0.3, -0.25) is 4.79 Å². The van der Waals surface area contributed by atoms with E-state index in [4.69, 9.17) is 0 Å². The van der Waals surface area contributed by atoms with Gasteiger partial charge in [0, 0.05) is 25.0 Å². The number of amides is 1. The van der Waals surface area contributed by atoms with Crippen LogP contribution >= 0.6 is 0 Å². The van der Waals surface area contributed by atoms with Crippen LogP contribution in [0.3, 0.4) is 0 Å². The SMILES string of the molecule is CC1CCCCC1CNC(=O)CCNC(C)(C)C. The Morgan fingerprint density at radius 2 is 1.89 bits per heavy atom. The average molecular weight is 254 g/mol. The lowest BCUT2D eigenvalue weighted by atomic mass is 9.80. The van der Waals surface area contributed by atoms with Crippen LogP contribution in [0.25, 0.3) is 0 Å². The van der Waals surface area contributed by atoms with Crippen molar-refractivity contribution in [3.63, 3.8) is 0 Å². The number of rotatable bonds is 5. The molecule has 1 aliphatic carbocycles. The van der Waals surface area contributed by atoms with Crippen molar-refractivity contribution < 1.29 is 4.79 Å². The fraction of sp³-hybridized carbons (Fsp3) is 0.933. The van der Waals surface area contributed by atoms with E-state index in [1.807, 2.05) is 0 Å². The highest BCUT2D eigenvalue weighted by molar-refractivity contribution is 5.76. The van der Waals surface area contributed by atoms with Crippen molar-refractivity contribution in [2.24, 2.45) is 11.8 Å². The predicted octanol–water partition coefficient (Wildman–Crippen LogP) is 2.71. The molecule has 1 fully saturated rings. The van der Waals surface area contributed by atoms with Crippen LogP contribution in [0.15, 0.2) is 0 Å². The molecular weight excluding hydrogens is 224 g/mol. The second-order valence-electron chi connectivity index (χ2n) is 6.75. The normalized spacial score (nSPS) is 24.9. The van der Waals surface area contributed by atoms with Gasteiger partial charge in [0.05, 0.1) is 0 Å². The highest BCUT2D eigenvalue weighted by Crippen LogP contribution is 2.28. The highest BCUT2D eigenvalue weighted by Gasteiger charge is 2.21. The van der Waals surface area contributed by atoms with E-state index < -0.39 is 0 Å². The van der Waals surface area contributed by atoms with Gasteiger partial charge >= 0.3 is 0 Å². The minimum atomic E-state index is 0.0954. The third kappa shape index (κ3) is 6.39. The average Bonchev–Trinajstić information content (AvgIpc) is 2.26. The molecule has 106 valence electrons. The van der Waals surface area contributed by atoms with Crippen molar-refractivity contribution in [1.29, 1.82) is 0 Å². The summed E-state index contributed by atoms with van der Waals surface area (Å²) in [6.45, 7) is 10.3. The van der Waals surface area contributed by atoms with Gasteiger partial charge in [0.25, 0.3) is 0 Å². The van der Waals surface area contributed by atoms with Crippen LogP contribution in [0, 0.1) is 11.8 Å². The van der Waals surface area contributed by atoms with Crippen molar-refractivity contribution >= 4 is 5.91 Å². The molecular formula is C15H30N2O. The van der Waals surface area contributed by atoms with Gasteiger partial charge in [-0.15, -0.1) is 0 Å². The Kier molecular flexibility index (Phi) is 6.13. The molecule has 0 radical (unpaired) electrons. The molecule has 2 unspecified atom stereocenters. The molecule has 0 aromatic carbocycles. The summed E-state index contributed by atoms with van der Waals surface area (Å²) < 4.78 is 0. The van der Waals surface area contributed by atoms with Gasteiger partial charge in [-0.2, -0.15) is 0 Å². The van der Waals surface area contributed by atoms with Gasteiger partial charge in [-0.25, -0.2) is 0 Å². The van der Waals surface area contributed by atoms with Gasteiger partial charge in [0.15, 0.2) is 0 Å². The van der Waals surface area contributed by atoms with Crippen LogP contribution in [-0.4, -0.2) is 24.5 Å². The first-order chi connectivity index (χ1) is 8.38. The third-order valence-electron chi connectivity index (χ3n) is 3.86. The first-order valence-corrected chi connectivity index (χ1v) is 7.40. The molecule has 1 saturated carbocycles. The molecule has 1 amide bonds. The van der Waals surface area contributed by atoms with Crippen LogP contribution in [0.5, 0.6) is 0 Å². The van der Waals surface area contributed by atoms with E-state index >= 15 is 0 Å². The predicted molar refractivity (Wildman–Crippen MR) is 76.5 cm³/mol. The zero-order valence-electron chi connectivity index (χ0n) is 12.5. The molecule has 0 aliphatic heterocycles.